The minimum atomic E-state index is -1.12. The average molecular weight is 244 g/mol. The van der Waals surface area contributed by atoms with Gasteiger partial charge in [0.1, 0.15) is 5.01 Å². The summed E-state index contributed by atoms with van der Waals surface area (Å²) < 4.78 is 4.82. The quantitative estimate of drug-likeness (QED) is 0.781. The summed E-state index contributed by atoms with van der Waals surface area (Å²) in [4.78, 5) is 26.4. The Morgan fingerprint density at radius 3 is 2.81 bits per heavy atom. The summed E-state index contributed by atoms with van der Waals surface area (Å²) >= 11 is 1.27. The number of hydrogen-bond donors (Lipinski definition) is 2. The molecule has 0 unspecified atom stereocenters. The molecule has 2 N–H and O–H groups in total. The predicted molar refractivity (Wildman–Crippen MR) is 57.7 cm³/mol. The molecular formula is C9H12N2O4S. The van der Waals surface area contributed by atoms with Gasteiger partial charge in [0.2, 0.25) is 0 Å². The summed E-state index contributed by atoms with van der Waals surface area (Å²) in [5.41, 5.74) is 0.258. The van der Waals surface area contributed by atoms with Crippen LogP contribution in [0.25, 0.3) is 0 Å². The third-order valence-corrected chi connectivity index (χ3v) is 2.67. The van der Waals surface area contributed by atoms with Gasteiger partial charge < -0.3 is 15.2 Å². The van der Waals surface area contributed by atoms with Crippen LogP contribution < -0.4 is 5.32 Å². The number of esters is 1. The number of hydrogen-bond acceptors (Lipinski definition) is 5. The van der Waals surface area contributed by atoms with Gasteiger partial charge in [0.05, 0.1) is 13.2 Å². The first kappa shape index (κ1) is 12.4. The lowest BCUT2D eigenvalue weighted by atomic mass is 10.4. The van der Waals surface area contributed by atoms with Crippen LogP contribution in [0.4, 0.5) is 4.79 Å². The Hall–Kier alpha value is -1.63. The Morgan fingerprint density at radius 1 is 1.56 bits per heavy atom. The van der Waals surface area contributed by atoms with Crippen molar-refractivity contribution in [2.45, 2.75) is 20.4 Å². The molecule has 1 heterocycles. The molecule has 0 aliphatic heterocycles. The molecule has 0 aliphatic carbocycles. The Balaban J connectivity index is 2.73. The Bertz CT molecular complexity index is 402. The van der Waals surface area contributed by atoms with E-state index in [0.717, 1.165) is 4.88 Å². The monoisotopic (exact) mass is 244 g/mol. The van der Waals surface area contributed by atoms with E-state index in [9.17, 15) is 9.59 Å². The third kappa shape index (κ3) is 3.20. The Kier molecular flexibility index (Phi) is 4.24. The zero-order valence-electron chi connectivity index (χ0n) is 8.94. The number of amides is 1. The number of thiazole rings is 1. The van der Waals surface area contributed by atoms with E-state index in [1.165, 1.54) is 11.3 Å². The number of ether oxygens (including phenoxy) is 1. The van der Waals surface area contributed by atoms with Gasteiger partial charge in [0.15, 0.2) is 5.69 Å². The molecule has 1 aromatic rings. The molecule has 0 spiro atoms. The van der Waals surface area contributed by atoms with E-state index in [1.807, 2.05) is 0 Å². The molecule has 7 heteroatoms. The highest BCUT2D eigenvalue weighted by Gasteiger charge is 2.16. The summed E-state index contributed by atoms with van der Waals surface area (Å²) in [5.74, 6) is -0.474. The Labute approximate surface area is 96.3 Å². The van der Waals surface area contributed by atoms with Crippen molar-refractivity contribution in [1.82, 2.24) is 10.3 Å². The number of nitrogens with one attached hydrogen (secondary N) is 1. The number of nitrogens with zero attached hydrogens (tertiary/aromatic N) is 1. The van der Waals surface area contributed by atoms with Crippen molar-refractivity contribution in [3.8, 4) is 0 Å². The van der Waals surface area contributed by atoms with Crippen molar-refractivity contribution in [3.63, 3.8) is 0 Å². The normalized spacial score (nSPS) is 9.88. The molecule has 1 rings (SSSR count). The minimum absolute atomic E-state index is 0.0975. The maximum Gasteiger partial charge on any atom is 0.405 e. The molecule has 0 saturated heterocycles. The SMILES string of the molecule is CCOC(=O)c1nc(CNC(=O)O)sc1C. The van der Waals surface area contributed by atoms with E-state index in [4.69, 9.17) is 9.84 Å². The molecule has 88 valence electrons. The standard InChI is InChI=1S/C9H12N2O4S/c1-3-15-8(12)7-5(2)16-6(11-7)4-10-9(13)14/h10H,3-4H2,1-2H3,(H,13,14). The van der Waals surface area contributed by atoms with Crippen LogP contribution in [0.1, 0.15) is 27.3 Å². The number of carboxylic acid groups (broad SMARTS) is 1. The first-order valence-electron chi connectivity index (χ1n) is 4.64. The van der Waals surface area contributed by atoms with Gasteiger partial charge in [-0.3, -0.25) is 0 Å². The molecule has 0 atom stereocenters. The molecule has 0 radical (unpaired) electrons. The molecule has 0 aromatic carbocycles. The highest BCUT2D eigenvalue weighted by Crippen LogP contribution is 2.18. The van der Waals surface area contributed by atoms with Crippen LogP contribution >= 0.6 is 11.3 Å². The molecule has 0 saturated carbocycles. The lowest BCUT2D eigenvalue weighted by molar-refractivity contribution is 0.0519. The molecule has 1 amide bonds. The second kappa shape index (κ2) is 5.45. The van der Waals surface area contributed by atoms with Gasteiger partial charge in [0.25, 0.3) is 0 Å². The fourth-order valence-electron chi connectivity index (χ4n) is 1.07. The van der Waals surface area contributed by atoms with Crippen molar-refractivity contribution >= 4 is 23.4 Å². The maximum atomic E-state index is 11.4. The van der Waals surface area contributed by atoms with Gasteiger partial charge in [-0.2, -0.15) is 0 Å². The van der Waals surface area contributed by atoms with Crippen molar-refractivity contribution in [2.75, 3.05) is 6.61 Å². The number of carbonyl (C=O) groups excluding carboxylic acids is 1. The highest BCUT2D eigenvalue weighted by molar-refractivity contribution is 7.11. The second-order valence-corrected chi connectivity index (χ2v) is 4.18. The first-order valence-corrected chi connectivity index (χ1v) is 5.46. The van der Waals surface area contributed by atoms with Gasteiger partial charge in [-0.05, 0) is 13.8 Å². The number of aryl methyl sites for hydroxylation is 1. The van der Waals surface area contributed by atoms with Gasteiger partial charge in [-0.15, -0.1) is 11.3 Å². The molecule has 16 heavy (non-hydrogen) atoms. The molecule has 0 aliphatic rings. The molecule has 0 fully saturated rings. The highest BCUT2D eigenvalue weighted by atomic mass is 32.1. The van der Waals surface area contributed by atoms with E-state index in [1.54, 1.807) is 13.8 Å². The van der Waals surface area contributed by atoms with Crippen molar-refractivity contribution < 1.29 is 19.4 Å². The summed E-state index contributed by atoms with van der Waals surface area (Å²) in [6.07, 6.45) is -1.12. The molecule has 0 bridgehead atoms. The topological polar surface area (TPSA) is 88.5 Å². The van der Waals surface area contributed by atoms with E-state index in [2.05, 4.69) is 10.3 Å². The minimum Gasteiger partial charge on any atom is -0.465 e. The fourth-order valence-corrected chi connectivity index (χ4v) is 1.93. The van der Waals surface area contributed by atoms with Crippen LogP contribution in [0.2, 0.25) is 0 Å². The van der Waals surface area contributed by atoms with E-state index in [0.29, 0.717) is 11.6 Å². The van der Waals surface area contributed by atoms with Crippen LogP contribution in [-0.2, 0) is 11.3 Å². The summed E-state index contributed by atoms with van der Waals surface area (Å²) in [5, 5.41) is 11.1. The largest absolute Gasteiger partial charge is 0.465 e. The van der Waals surface area contributed by atoms with Gasteiger partial charge in [-0.1, -0.05) is 0 Å². The smallest absolute Gasteiger partial charge is 0.405 e. The zero-order chi connectivity index (χ0) is 12.1. The second-order valence-electron chi connectivity index (χ2n) is 2.89. The van der Waals surface area contributed by atoms with Gasteiger partial charge in [-0.25, -0.2) is 14.6 Å². The molecular weight excluding hydrogens is 232 g/mol. The van der Waals surface area contributed by atoms with Crippen molar-refractivity contribution in [2.24, 2.45) is 0 Å². The lowest BCUT2D eigenvalue weighted by Gasteiger charge is -1.98. The summed E-state index contributed by atoms with van der Waals surface area (Å²) in [6, 6.07) is 0. The fraction of sp³-hybridized carbons (Fsp3) is 0.444. The van der Waals surface area contributed by atoms with Crippen molar-refractivity contribution in [3.05, 3.63) is 15.6 Å². The van der Waals surface area contributed by atoms with E-state index in [-0.39, 0.29) is 12.2 Å². The van der Waals surface area contributed by atoms with Crippen LogP contribution in [0.3, 0.4) is 0 Å². The van der Waals surface area contributed by atoms with E-state index >= 15 is 0 Å². The van der Waals surface area contributed by atoms with Crippen LogP contribution in [0.5, 0.6) is 0 Å². The number of rotatable bonds is 4. The first-order chi connectivity index (χ1) is 7.54. The molecule has 6 nitrogen and oxygen atoms in total. The number of aromatic nitrogens is 1. The average Bonchev–Trinajstić information content (AvgIpc) is 2.57. The van der Waals surface area contributed by atoms with Gasteiger partial charge in [0, 0.05) is 4.88 Å². The molecule has 1 aromatic heterocycles. The van der Waals surface area contributed by atoms with E-state index < -0.39 is 12.1 Å². The predicted octanol–water partition coefficient (Wildman–Crippen LogP) is 1.40. The van der Waals surface area contributed by atoms with Crippen LogP contribution in [-0.4, -0.2) is 28.8 Å². The Morgan fingerprint density at radius 2 is 2.25 bits per heavy atom. The number of carbonyl (C=O) groups is 2. The van der Waals surface area contributed by atoms with Gasteiger partial charge >= 0.3 is 12.1 Å². The third-order valence-electron chi connectivity index (χ3n) is 1.70. The zero-order valence-corrected chi connectivity index (χ0v) is 9.76. The van der Waals surface area contributed by atoms with Crippen molar-refractivity contribution in [1.29, 1.82) is 0 Å². The maximum absolute atomic E-state index is 11.4. The van der Waals surface area contributed by atoms with Crippen LogP contribution in [0, 0.1) is 6.92 Å². The van der Waals surface area contributed by atoms with Crippen LogP contribution in [0.15, 0.2) is 0 Å². The summed E-state index contributed by atoms with van der Waals surface area (Å²) in [6.45, 7) is 3.85. The lowest BCUT2D eigenvalue weighted by Crippen LogP contribution is -2.19. The summed E-state index contributed by atoms with van der Waals surface area (Å²) in [7, 11) is 0.